The van der Waals surface area contributed by atoms with Crippen LogP contribution >= 0.6 is 0 Å². The second kappa shape index (κ2) is 5.31. The van der Waals surface area contributed by atoms with Gasteiger partial charge in [0, 0.05) is 13.6 Å². The molecule has 0 unspecified atom stereocenters. The maximum atomic E-state index is 5.80. The minimum Gasteiger partial charge on any atom is -0.397 e. The molecule has 0 spiro atoms. The van der Waals surface area contributed by atoms with E-state index in [0.29, 0.717) is 0 Å². The predicted molar refractivity (Wildman–Crippen MR) is 81.4 cm³/mol. The number of anilines is 2. The molecule has 2 rings (SSSR count). The number of benzene rings is 1. The van der Waals surface area contributed by atoms with E-state index >= 15 is 0 Å². The van der Waals surface area contributed by atoms with Gasteiger partial charge in [-0.1, -0.05) is 18.2 Å². The molecule has 1 heterocycles. The van der Waals surface area contributed by atoms with E-state index in [2.05, 4.69) is 41.9 Å². The van der Waals surface area contributed by atoms with Crippen LogP contribution < -0.4 is 10.6 Å². The molecule has 3 heteroatoms. The summed E-state index contributed by atoms with van der Waals surface area (Å²) in [5.41, 5.74) is 11.5. The van der Waals surface area contributed by atoms with Crippen molar-refractivity contribution in [2.75, 3.05) is 17.7 Å². The van der Waals surface area contributed by atoms with Gasteiger partial charge in [-0.15, -0.1) is 0 Å². The first kappa shape index (κ1) is 13.4. The van der Waals surface area contributed by atoms with Gasteiger partial charge in [-0.3, -0.25) is 0 Å². The van der Waals surface area contributed by atoms with Crippen LogP contribution in [0.2, 0.25) is 0 Å². The molecule has 0 bridgehead atoms. The van der Waals surface area contributed by atoms with Gasteiger partial charge in [0.2, 0.25) is 0 Å². The monoisotopic (exact) mass is 255 g/mol. The molecule has 100 valence electrons. The zero-order valence-electron chi connectivity index (χ0n) is 12.1. The summed E-state index contributed by atoms with van der Waals surface area (Å²) in [6, 6.07) is 8.59. The van der Waals surface area contributed by atoms with Crippen LogP contribution in [-0.2, 0) is 6.54 Å². The van der Waals surface area contributed by atoms with E-state index in [1.807, 2.05) is 20.0 Å². The molecular formula is C16H21N3. The van der Waals surface area contributed by atoms with Gasteiger partial charge in [-0.25, -0.2) is 4.98 Å². The number of hydrogen-bond acceptors (Lipinski definition) is 3. The molecule has 0 radical (unpaired) electrons. The van der Waals surface area contributed by atoms with Crippen LogP contribution in [0.1, 0.15) is 22.3 Å². The van der Waals surface area contributed by atoms with Gasteiger partial charge in [0.15, 0.2) is 0 Å². The fourth-order valence-electron chi connectivity index (χ4n) is 2.02. The van der Waals surface area contributed by atoms with Gasteiger partial charge in [-0.2, -0.15) is 0 Å². The Labute approximate surface area is 115 Å². The summed E-state index contributed by atoms with van der Waals surface area (Å²) in [6.45, 7) is 7.13. The van der Waals surface area contributed by atoms with E-state index < -0.39 is 0 Å². The van der Waals surface area contributed by atoms with Gasteiger partial charge in [0.05, 0.1) is 11.9 Å². The molecule has 1 aromatic carbocycles. The third kappa shape index (κ3) is 3.05. The Balaban J connectivity index is 2.17. The summed E-state index contributed by atoms with van der Waals surface area (Å²) in [7, 11) is 2.05. The minimum absolute atomic E-state index is 0.739. The average Bonchev–Trinajstić information content (AvgIpc) is 2.37. The number of hydrogen-bond donors (Lipinski definition) is 1. The highest BCUT2D eigenvalue weighted by Crippen LogP contribution is 2.18. The number of aryl methyl sites for hydroxylation is 3. The fourth-order valence-corrected chi connectivity index (χ4v) is 2.02. The third-order valence-corrected chi connectivity index (χ3v) is 3.52. The van der Waals surface area contributed by atoms with Gasteiger partial charge in [-0.05, 0) is 49.1 Å². The smallest absolute Gasteiger partial charge is 0.128 e. The molecule has 0 aliphatic heterocycles. The number of nitrogen functional groups attached to an aromatic ring is 1. The SMILES string of the molecule is Cc1ccc(CN(C)c2cc(C)c(N)cn2)cc1C. The number of nitrogens with two attached hydrogens (primary N) is 1. The quantitative estimate of drug-likeness (QED) is 0.915. The summed E-state index contributed by atoms with van der Waals surface area (Å²) in [6.07, 6.45) is 1.72. The Morgan fingerprint density at radius 3 is 2.42 bits per heavy atom. The Kier molecular flexibility index (Phi) is 3.74. The summed E-state index contributed by atoms with van der Waals surface area (Å²) in [5.74, 6) is 0.949. The third-order valence-electron chi connectivity index (χ3n) is 3.52. The molecule has 0 aliphatic rings. The van der Waals surface area contributed by atoms with Crippen molar-refractivity contribution >= 4 is 11.5 Å². The molecule has 0 fully saturated rings. The molecule has 2 N–H and O–H groups in total. The van der Waals surface area contributed by atoms with Crippen LogP contribution in [-0.4, -0.2) is 12.0 Å². The zero-order valence-corrected chi connectivity index (χ0v) is 12.1. The van der Waals surface area contributed by atoms with Gasteiger partial charge in [0.1, 0.15) is 5.82 Å². The lowest BCUT2D eigenvalue weighted by Gasteiger charge is -2.19. The molecule has 0 aliphatic carbocycles. The largest absolute Gasteiger partial charge is 0.397 e. The average molecular weight is 255 g/mol. The topological polar surface area (TPSA) is 42.1 Å². The highest BCUT2D eigenvalue weighted by molar-refractivity contribution is 5.52. The molecule has 3 nitrogen and oxygen atoms in total. The van der Waals surface area contributed by atoms with Crippen molar-refractivity contribution in [1.29, 1.82) is 0 Å². The number of rotatable bonds is 3. The van der Waals surface area contributed by atoms with Crippen molar-refractivity contribution in [2.24, 2.45) is 0 Å². The van der Waals surface area contributed by atoms with E-state index in [0.717, 1.165) is 23.6 Å². The first-order chi connectivity index (χ1) is 8.97. The van der Waals surface area contributed by atoms with Crippen LogP contribution in [0.3, 0.4) is 0 Å². The van der Waals surface area contributed by atoms with Gasteiger partial charge in [0.25, 0.3) is 0 Å². The van der Waals surface area contributed by atoms with Crippen molar-refractivity contribution in [3.05, 3.63) is 52.7 Å². The Morgan fingerprint density at radius 1 is 1.05 bits per heavy atom. The van der Waals surface area contributed by atoms with E-state index in [1.165, 1.54) is 16.7 Å². The molecule has 19 heavy (non-hydrogen) atoms. The second-order valence-corrected chi connectivity index (χ2v) is 5.17. The van der Waals surface area contributed by atoms with E-state index in [4.69, 9.17) is 5.73 Å². The van der Waals surface area contributed by atoms with Crippen LogP contribution in [0.25, 0.3) is 0 Å². The molecule has 2 aromatic rings. The van der Waals surface area contributed by atoms with Crippen molar-refractivity contribution in [3.8, 4) is 0 Å². The van der Waals surface area contributed by atoms with Gasteiger partial charge < -0.3 is 10.6 Å². The molecule has 1 aromatic heterocycles. The lowest BCUT2D eigenvalue weighted by molar-refractivity contribution is 0.895. The maximum Gasteiger partial charge on any atom is 0.128 e. The molecule has 0 saturated heterocycles. The molecular weight excluding hydrogens is 234 g/mol. The van der Waals surface area contributed by atoms with E-state index in [9.17, 15) is 0 Å². The highest BCUT2D eigenvalue weighted by Gasteiger charge is 2.06. The normalized spacial score (nSPS) is 10.5. The predicted octanol–water partition coefficient (Wildman–Crippen LogP) is 3.23. The number of nitrogens with zero attached hydrogens (tertiary/aromatic N) is 2. The summed E-state index contributed by atoms with van der Waals surface area (Å²) in [5, 5.41) is 0. The second-order valence-electron chi connectivity index (χ2n) is 5.17. The van der Waals surface area contributed by atoms with E-state index in [-0.39, 0.29) is 0 Å². The molecule has 0 saturated carbocycles. The first-order valence-electron chi connectivity index (χ1n) is 6.47. The number of aromatic nitrogens is 1. The Hall–Kier alpha value is -2.03. The van der Waals surface area contributed by atoms with Gasteiger partial charge >= 0.3 is 0 Å². The maximum absolute atomic E-state index is 5.80. The summed E-state index contributed by atoms with van der Waals surface area (Å²) < 4.78 is 0. The number of pyridine rings is 1. The molecule has 0 atom stereocenters. The van der Waals surface area contributed by atoms with Crippen LogP contribution in [0.5, 0.6) is 0 Å². The van der Waals surface area contributed by atoms with Crippen molar-refractivity contribution in [3.63, 3.8) is 0 Å². The molecule has 0 amide bonds. The minimum atomic E-state index is 0.739. The van der Waals surface area contributed by atoms with Crippen molar-refractivity contribution in [2.45, 2.75) is 27.3 Å². The Morgan fingerprint density at radius 2 is 1.79 bits per heavy atom. The van der Waals surface area contributed by atoms with Crippen LogP contribution in [0.15, 0.2) is 30.5 Å². The van der Waals surface area contributed by atoms with Crippen LogP contribution in [0.4, 0.5) is 11.5 Å². The lowest BCUT2D eigenvalue weighted by atomic mass is 10.1. The standard InChI is InChI=1S/C16H21N3/c1-11-5-6-14(7-12(11)2)10-19(4)16-8-13(3)15(17)9-18-16/h5-9H,10,17H2,1-4H3. The van der Waals surface area contributed by atoms with Crippen molar-refractivity contribution in [1.82, 2.24) is 4.98 Å². The fraction of sp³-hybridized carbons (Fsp3) is 0.312. The van der Waals surface area contributed by atoms with E-state index in [1.54, 1.807) is 6.20 Å². The van der Waals surface area contributed by atoms with Crippen molar-refractivity contribution < 1.29 is 0 Å². The first-order valence-corrected chi connectivity index (χ1v) is 6.47. The van der Waals surface area contributed by atoms with Crippen LogP contribution in [0, 0.1) is 20.8 Å². The highest BCUT2D eigenvalue weighted by atomic mass is 15.2. The Bertz CT molecular complexity index is 591. The summed E-state index contributed by atoms with van der Waals surface area (Å²) >= 11 is 0. The zero-order chi connectivity index (χ0) is 14.0. The summed E-state index contributed by atoms with van der Waals surface area (Å²) in [4.78, 5) is 6.51. The lowest BCUT2D eigenvalue weighted by Crippen LogP contribution is -2.18.